The number of carbonyl (C=O) groups is 1. The van der Waals surface area contributed by atoms with Crippen molar-refractivity contribution in [1.29, 1.82) is 5.26 Å². The SMILES string of the molecule is CC(=O)N1C[C@H]2CN(c3nc(C)cc(C)c3C#N)C[C@H]2[C@@H]1c1cccc(F)c1. The van der Waals surface area contributed by atoms with Crippen LogP contribution in [0, 0.1) is 42.8 Å². The zero-order chi connectivity index (χ0) is 20.0. The lowest BCUT2D eigenvalue weighted by Gasteiger charge is -2.30. The average molecular weight is 378 g/mol. The largest absolute Gasteiger partial charge is 0.355 e. The van der Waals surface area contributed by atoms with Crippen molar-refractivity contribution >= 4 is 11.7 Å². The molecule has 4 rings (SSSR count). The highest BCUT2D eigenvalue weighted by molar-refractivity contribution is 5.74. The van der Waals surface area contributed by atoms with Crippen LogP contribution in [0.2, 0.25) is 0 Å². The third-order valence-electron chi connectivity index (χ3n) is 6.00. The second kappa shape index (κ2) is 6.90. The summed E-state index contributed by atoms with van der Waals surface area (Å²) in [6.07, 6.45) is 0. The molecule has 1 amide bonds. The van der Waals surface area contributed by atoms with Crippen LogP contribution in [0.3, 0.4) is 0 Å². The smallest absolute Gasteiger partial charge is 0.219 e. The number of carbonyl (C=O) groups excluding carboxylic acids is 1. The molecular formula is C22H23FN4O. The molecule has 0 unspecified atom stereocenters. The van der Waals surface area contributed by atoms with Crippen LogP contribution in [-0.4, -0.2) is 35.4 Å². The van der Waals surface area contributed by atoms with E-state index in [0.717, 1.165) is 29.2 Å². The minimum Gasteiger partial charge on any atom is -0.355 e. The van der Waals surface area contributed by atoms with Gasteiger partial charge < -0.3 is 9.80 Å². The third-order valence-corrected chi connectivity index (χ3v) is 6.00. The van der Waals surface area contributed by atoms with Crippen LogP contribution >= 0.6 is 0 Å². The standard InChI is InChI=1S/C22H23FN4O/c1-13-7-14(2)25-22(19(13)9-24)26-10-17-11-27(15(3)28)21(20(17)12-26)16-5-4-6-18(23)8-16/h4-8,17,20-21H,10-12H2,1-3H3/t17-,20-,21+/m1/s1. The molecule has 2 aliphatic heterocycles. The number of aryl methyl sites for hydroxylation is 2. The van der Waals surface area contributed by atoms with Gasteiger partial charge in [-0.1, -0.05) is 12.1 Å². The van der Waals surface area contributed by atoms with E-state index in [4.69, 9.17) is 0 Å². The van der Waals surface area contributed by atoms with E-state index in [0.29, 0.717) is 18.7 Å². The van der Waals surface area contributed by atoms with Gasteiger partial charge in [-0.3, -0.25) is 4.79 Å². The van der Waals surface area contributed by atoms with Gasteiger partial charge in [0.2, 0.25) is 5.91 Å². The summed E-state index contributed by atoms with van der Waals surface area (Å²) < 4.78 is 13.9. The van der Waals surface area contributed by atoms with Crippen molar-refractivity contribution in [2.45, 2.75) is 26.8 Å². The summed E-state index contributed by atoms with van der Waals surface area (Å²) in [5, 5.41) is 9.62. The molecule has 2 aliphatic rings. The van der Waals surface area contributed by atoms with Crippen LogP contribution < -0.4 is 4.90 Å². The molecule has 2 saturated heterocycles. The lowest BCUT2D eigenvalue weighted by molar-refractivity contribution is -0.130. The van der Waals surface area contributed by atoms with Crippen molar-refractivity contribution < 1.29 is 9.18 Å². The molecule has 0 radical (unpaired) electrons. The van der Waals surface area contributed by atoms with Gasteiger partial charge in [-0.2, -0.15) is 5.26 Å². The summed E-state index contributed by atoms with van der Waals surface area (Å²) in [7, 11) is 0. The highest BCUT2D eigenvalue weighted by Crippen LogP contribution is 2.46. The Labute approximate surface area is 164 Å². The Morgan fingerprint density at radius 1 is 1.25 bits per heavy atom. The number of rotatable bonds is 2. The first kappa shape index (κ1) is 18.4. The van der Waals surface area contributed by atoms with E-state index in [9.17, 15) is 14.4 Å². The molecule has 144 valence electrons. The van der Waals surface area contributed by atoms with Crippen LogP contribution in [0.25, 0.3) is 0 Å². The molecule has 2 aromatic rings. The highest BCUT2D eigenvalue weighted by Gasteiger charge is 2.49. The summed E-state index contributed by atoms with van der Waals surface area (Å²) in [6, 6.07) is 10.6. The third kappa shape index (κ3) is 3.01. The number of hydrogen-bond donors (Lipinski definition) is 0. The lowest BCUT2D eigenvalue weighted by atomic mass is 9.89. The quantitative estimate of drug-likeness (QED) is 0.804. The molecule has 3 heterocycles. The fourth-order valence-corrected chi connectivity index (χ4v) is 4.84. The van der Waals surface area contributed by atoms with E-state index in [2.05, 4.69) is 16.0 Å². The van der Waals surface area contributed by atoms with Gasteiger partial charge >= 0.3 is 0 Å². The fourth-order valence-electron chi connectivity index (χ4n) is 4.84. The normalized spacial score (nSPS) is 23.6. The van der Waals surface area contributed by atoms with E-state index in [-0.39, 0.29) is 29.6 Å². The molecule has 3 atom stereocenters. The summed E-state index contributed by atoms with van der Waals surface area (Å²) in [6.45, 7) is 7.52. The summed E-state index contributed by atoms with van der Waals surface area (Å²) in [4.78, 5) is 20.9. The second-order valence-corrected chi connectivity index (χ2v) is 7.89. The molecule has 2 fully saturated rings. The molecule has 1 aromatic heterocycles. The molecule has 5 nitrogen and oxygen atoms in total. The first-order valence-electron chi connectivity index (χ1n) is 9.55. The maximum atomic E-state index is 13.9. The number of nitriles is 1. The maximum absolute atomic E-state index is 13.9. The van der Waals surface area contributed by atoms with Crippen molar-refractivity contribution in [3.05, 3.63) is 58.5 Å². The van der Waals surface area contributed by atoms with Crippen LogP contribution in [0.5, 0.6) is 0 Å². The minimum absolute atomic E-state index is 0.0115. The van der Waals surface area contributed by atoms with Gasteiger partial charge in [0.1, 0.15) is 17.7 Å². The summed E-state index contributed by atoms with van der Waals surface area (Å²) in [5.74, 6) is 0.896. The van der Waals surface area contributed by atoms with E-state index in [1.807, 2.05) is 30.9 Å². The Balaban J connectivity index is 1.70. The van der Waals surface area contributed by atoms with Gasteiger partial charge in [-0.05, 0) is 43.2 Å². The number of aromatic nitrogens is 1. The molecule has 0 aliphatic carbocycles. The van der Waals surface area contributed by atoms with E-state index in [1.165, 1.54) is 12.1 Å². The van der Waals surface area contributed by atoms with Crippen molar-refractivity contribution in [1.82, 2.24) is 9.88 Å². The maximum Gasteiger partial charge on any atom is 0.219 e. The average Bonchev–Trinajstić information content (AvgIpc) is 3.18. The Morgan fingerprint density at radius 2 is 2.04 bits per heavy atom. The monoisotopic (exact) mass is 378 g/mol. The lowest BCUT2D eigenvalue weighted by Crippen LogP contribution is -2.34. The zero-order valence-corrected chi connectivity index (χ0v) is 16.3. The molecular weight excluding hydrogens is 355 g/mol. The van der Waals surface area contributed by atoms with Crippen LogP contribution in [0.15, 0.2) is 30.3 Å². The molecule has 28 heavy (non-hydrogen) atoms. The predicted molar refractivity (Wildman–Crippen MR) is 104 cm³/mol. The molecule has 0 N–H and O–H groups in total. The fraction of sp³-hybridized carbons (Fsp3) is 0.409. The molecule has 1 aromatic carbocycles. The van der Waals surface area contributed by atoms with Gasteiger partial charge in [0.15, 0.2) is 0 Å². The summed E-state index contributed by atoms with van der Waals surface area (Å²) in [5.41, 5.74) is 3.25. The van der Waals surface area contributed by atoms with Gasteiger partial charge in [0.05, 0.1) is 11.6 Å². The van der Waals surface area contributed by atoms with Gasteiger partial charge in [-0.25, -0.2) is 9.37 Å². The molecule has 0 bridgehead atoms. The minimum atomic E-state index is -0.290. The van der Waals surface area contributed by atoms with E-state index < -0.39 is 0 Å². The topological polar surface area (TPSA) is 60.2 Å². The second-order valence-electron chi connectivity index (χ2n) is 7.89. The number of nitrogens with zero attached hydrogens (tertiary/aromatic N) is 4. The number of amides is 1. The number of pyridine rings is 1. The number of hydrogen-bond acceptors (Lipinski definition) is 4. The predicted octanol–water partition coefficient (Wildman–Crippen LogP) is 3.37. The van der Waals surface area contributed by atoms with Crippen molar-refractivity contribution in [2.75, 3.05) is 24.5 Å². The molecule has 0 spiro atoms. The first-order chi connectivity index (χ1) is 13.4. The van der Waals surface area contributed by atoms with Crippen LogP contribution in [0.1, 0.15) is 35.3 Å². The van der Waals surface area contributed by atoms with Gasteiger partial charge in [-0.15, -0.1) is 0 Å². The first-order valence-corrected chi connectivity index (χ1v) is 9.55. The van der Waals surface area contributed by atoms with Crippen molar-refractivity contribution in [3.8, 4) is 6.07 Å². The number of anilines is 1. The molecule has 6 heteroatoms. The number of halogens is 1. The Bertz CT molecular complexity index is 983. The number of likely N-dealkylation sites (tertiary alicyclic amines) is 1. The Morgan fingerprint density at radius 3 is 2.71 bits per heavy atom. The number of fused-ring (bicyclic) bond motifs is 1. The Hall–Kier alpha value is -2.94. The Kier molecular flexibility index (Phi) is 4.54. The molecule has 0 saturated carbocycles. The van der Waals surface area contributed by atoms with E-state index >= 15 is 0 Å². The highest BCUT2D eigenvalue weighted by atomic mass is 19.1. The summed E-state index contributed by atoms with van der Waals surface area (Å²) >= 11 is 0. The van der Waals surface area contributed by atoms with Gasteiger partial charge in [0, 0.05) is 44.1 Å². The van der Waals surface area contributed by atoms with E-state index in [1.54, 1.807) is 13.0 Å². The van der Waals surface area contributed by atoms with Crippen molar-refractivity contribution in [2.24, 2.45) is 11.8 Å². The van der Waals surface area contributed by atoms with Crippen molar-refractivity contribution in [3.63, 3.8) is 0 Å². The van der Waals surface area contributed by atoms with Crippen LogP contribution in [-0.2, 0) is 4.79 Å². The number of benzene rings is 1. The van der Waals surface area contributed by atoms with Crippen LogP contribution in [0.4, 0.5) is 10.2 Å². The van der Waals surface area contributed by atoms with Gasteiger partial charge in [0.25, 0.3) is 0 Å². The zero-order valence-electron chi connectivity index (χ0n) is 16.3.